The van der Waals surface area contributed by atoms with Gasteiger partial charge in [0.15, 0.2) is 5.96 Å². The summed E-state index contributed by atoms with van der Waals surface area (Å²) >= 11 is 13.8. The van der Waals surface area contributed by atoms with E-state index in [1.807, 2.05) is 0 Å². The highest BCUT2D eigenvalue weighted by Crippen LogP contribution is 2.35. The number of aromatic nitrogens is 2. The zero-order valence-electron chi connectivity index (χ0n) is 20.2. The summed E-state index contributed by atoms with van der Waals surface area (Å²) in [6.45, 7) is 9.28. The Labute approximate surface area is 223 Å². The maximum absolute atomic E-state index is 13.5. The molecule has 0 spiro atoms. The Morgan fingerprint density at radius 3 is 2.61 bits per heavy atom. The number of hydrogen-bond donors (Lipinski definition) is 2. The molecule has 0 radical (unpaired) electrons. The number of benzene rings is 1. The van der Waals surface area contributed by atoms with Crippen molar-refractivity contribution < 1.29 is 13.9 Å². The molecule has 0 amide bonds. The van der Waals surface area contributed by atoms with Gasteiger partial charge in [0.25, 0.3) is 5.92 Å². The quantitative estimate of drug-likeness (QED) is 0.214. The number of halogens is 4. The highest BCUT2D eigenvalue weighted by Gasteiger charge is 2.27. The molecule has 0 saturated carbocycles. The molecule has 0 atom stereocenters. The Morgan fingerprint density at radius 2 is 2.03 bits per heavy atom. The molecule has 36 heavy (non-hydrogen) atoms. The average molecular weight is 557 g/mol. The standard InChI is InChI=1S/C24H28Cl2F2N6OS/c1-14(21(30-4)19(26)12-15(2)22-33-32-20(36-22)9-11-35)8-10-34(5)23(29)31-16-6-7-17(18(25)13-16)24(3,27)28/h6-7,12-13,35H,1-2,8-11H2,3-5H3,(H2,29,31)/b19-12+,30-21?. The Hall–Kier alpha value is -2.66. The molecule has 0 saturated heterocycles. The predicted molar refractivity (Wildman–Crippen MR) is 146 cm³/mol. The second kappa shape index (κ2) is 13.0. The average Bonchev–Trinajstić information content (AvgIpc) is 3.26. The third kappa shape index (κ3) is 8.19. The first kappa shape index (κ1) is 29.6. The highest BCUT2D eigenvalue weighted by atomic mass is 35.5. The molecule has 0 unspecified atom stereocenters. The van der Waals surface area contributed by atoms with Crippen LogP contribution in [-0.4, -0.2) is 59.1 Å². The molecule has 12 heteroatoms. The van der Waals surface area contributed by atoms with Crippen LogP contribution in [-0.2, 0) is 12.3 Å². The van der Waals surface area contributed by atoms with Crippen LogP contribution in [0.15, 0.2) is 58.0 Å². The lowest BCUT2D eigenvalue weighted by molar-refractivity contribution is 0.0176. The van der Waals surface area contributed by atoms with E-state index in [1.54, 1.807) is 25.1 Å². The van der Waals surface area contributed by atoms with Gasteiger partial charge in [0.05, 0.1) is 21.5 Å². The fourth-order valence-electron chi connectivity index (χ4n) is 2.98. The van der Waals surface area contributed by atoms with Crippen LogP contribution < -0.4 is 5.73 Å². The zero-order chi connectivity index (χ0) is 27.0. The Morgan fingerprint density at radius 1 is 1.33 bits per heavy atom. The smallest absolute Gasteiger partial charge is 0.271 e. The number of aliphatic hydroxyl groups excluding tert-OH is 1. The zero-order valence-corrected chi connectivity index (χ0v) is 22.6. The molecule has 0 aliphatic carbocycles. The van der Waals surface area contributed by atoms with Crippen molar-refractivity contribution in [3.05, 3.63) is 68.6 Å². The molecule has 194 valence electrons. The van der Waals surface area contributed by atoms with Gasteiger partial charge in [0.2, 0.25) is 0 Å². The second-order valence-corrected chi connectivity index (χ2v) is 9.74. The lowest BCUT2D eigenvalue weighted by Gasteiger charge is -2.19. The van der Waals surface area contributed by atoms with Gasteiger partial charge in [-0.15, -0.1) is 10.2 Å². The van der Waals surface area contributed by atoms with Crippen LogP contribution in [0.2, 0.25) is 5.02 Å². The van der Waals surface area contributed by atoms with E-state index in [0.717, 1.165) is 6.92 Å². The molecule has 0 aliphatic heterocycles. The van der Waals surface area contributed by atoms with Crippen molar-refractivity contribution in [3.63, 3.8) is 0 Å². The maximum Gasteiger partial charge on any atom is 0.271 e. The minimum atomic E-state index is -3.05. The van der Waals surface area contributed by atoms with Gasteiger partial charge in [-0.1, -0.05) is 47.7 Å². The molecule has 3 N–H and O–H groups in total. The van der Waals surface area contributed by atoms with Gasteiger partial charge in [-0.2, -0.15) is 0 Å². The Kier molecular flexibility index (Phi) is 10.7. The SMILES string of the molecule is C=C(CCN(C)C(N)=Nc1ccc(C(C)(F)F)c(Cl)c1)C(=NC)/C(Cl)=C\C(=C)c1nnc(CCO)s1. The van der Waals surface area contributed by atoms with E-state index in [2.05, 4.69) is 33.3 Å². The number of nitrogens with zero attached hydrogens (tertiary/aromatic N) is 5. The number of nitrogens with two attached hydrogens (primary N) is 1. The fourth-order valence-corrected chi connectivity index (χ4v) is 4.44. The fraction of sp³-hybridized carbons (Fsp3) is 0.333. The van der Waals surface area contributed by atoms with Crippen molar-refractivity contribution in [2.45, 2.75) is 25.7 Å². The minimum Gasteiger partial charge on any atom is -0.396 e. The molecular weight excluding hydrogens is 529 g/mol. The number of allylic oxidation sites excluding steroid dienone is 3. The van der Waals surface area contributed by atoms with Gasteiger partial charge in [-0.3, -0.25) is 4.99 Å². The van der Waals surface area contributed by atoms with Crippen molar-refractivity contribution in [1.82, 2.24) is 15.1 Å². The third-order valence-electron chi connectivity index (χ3n) is 4.96. The van der Waals surface area contributed by atoms with E-state index in [4.69, 9.17) is 34.0 Å². The lowest BCUT2D eigenvalue weighted by atomic mass is 10.1. The number of aliphatic hydroxyl groups is 1. The van der Waals surface area contributed by atoms with Crippen LogP contribution in [0.1, 0.15) is 28.9 Å². The minimum absolute atomic E-state index is 0.00830. The van der Waals surface area contributed by atoms with E-state index in [9.17, 15) is 8.78 Å². The molecule has 1 aromatic heterocycles. The molecule has 7 nitrogen and oxygen atoms in total. The predicted octanol–water partition coefficient (Wildman–Crippen LogP) is 5.57. The maximum atomic E-state index is 13.5. The lowest BCUT2D eigenvalue weighted by Crippen LogP contribution is -2.34. The van der Waals surface area contributed by atoms with Crippen molar-refractivity contribution in [2.24, 2.45) is 15.7 Å². The summed E-state index contributed by atoms with van der Waals surface area (Å²) < 4.78 is 27.1. The number of aliphatic imine (C=N–C) groups is 2. The van der Waals surface area contributed by atoms with Gasteiger partial charge in [0.1, 0.15) is 10.0 Å². The summed E-state index contributed by atoms with van der Waals surface area (Å²) in [6, 6.07) is 4.01. The number of rotatable bonds is 11. The van der Waals surface area contributed by atoms with Crippen molar-refractivity contribution in [2.75, 3.05) is 27.2 Å². The van der Waals surface area contributed by atoms with Gasteiger partial charge >= 0.3 is 0 Å². The van der Waals surface area contributed by atoms with Gasteiger partial charge in [-0.05, 0) is 36.3 Å². The third-order valence-corrected chi connectivity index (χ3v) is 6.62. The molecule has 2 rings (SSSR count). The van der Waals surface area contributed by atoms with Crippen LogP contribution in [0.5, 0.6) is 0 Å². The Balaban J connectivity index is 2.03. The van der Waals surface area contributed by atoms with E-state index in [-0.39, 0.29) is 23.2 Å². The number of alkyl halides is 2. The molecule has 1 heterocycles. The first-order chi connectivity index (χ1) is 16.9. The summed E-state index contributed by atoms with van der Waals surface area (Å²) in [5, 5.41) is 18.7. The van der Waals surface area contributed by atoms with Crippen molar-refractivity contribution in [1.29, 1.82) is 0 Å². The van der Waals surface area contributed by atoms with Crippen molar-refractivity contribution in [3.8, 4) is 0 Å². The summed E-state index contributed by atoms with van der Waals surface area (Å²) in [5.74, 6) is -2.88. The normalized spacial score (nSPS) is 13.2. The first-order valence-corrected chi connectivity index (χ1v) is 12.3. The van der Waals surface area contributed by atoms with Crippen LogP contribution in [0.4, 0.5) is 14.5 Å². The van der Waals surface area contributed by atoms with E-state index in [0.29, 0.717) is 57.0 Å². The van der Waals surface area contributed by atoms with Gasteiger partial charge in [-0.25, -0.2) is 13.8 Å². The Bertz CT molecular complexity index is 1200. The molecule has 0 bridgehead atoms. The monoisotopic (exact) mass is 556 g/mol. The molecule has 1 aromatic carbocycles. The second-order valence-electron chi connectivity index (χ2n) is 7.86. The summed E-state index contributed by atoms with van der Waals surface area (Å²) in [5.41, 5.74) is 7.90. The molecule has 0 fully saturated rings. The molecule has 0 aliphatic rings. The highest BCUT2D eigenvalue weighted by molar-refractivity contribution is 7.12. The number of guanidine groups is 1. The van der Waals surface area contributed by atoms with Crippen LogP contribution >= 0.6 is 34.5 Å². The largest absolute Gasteiger partial charge is 0.396 e. The first-order valence-electron chi connectivity index (χ1n) is 10.8. The number of hydrogen-bond acceptors (Lipinski definition) is 6. The van der Waals surface area contributed by atoms with E-state index >= 15 is 0 Å². The molecule has 2 aromatic rings. The van der Waals surface area contributed by atoms with E-state index < -0.39 is 5.92 Å². The summed E-state index contributed by atoms with van der Waals surface area (Å²) in [4.78, 5) is 10.2. The summed E-state index contributed by atoms with van der Waals surface area (Å²) in [6.07, 6.45) is 2.54. The van der Waals surface area contributed by atoms with E-state index in [1.165, 1.54) is 29.5 Å². The van der Waals surface area contributed by atoms with Crippen LogP contribution in [0.3, 0.4) is 0 Å². The topological polar surface area (TPSA) is 100.0 Å². The van der Waals surface area contributed by atoms with Gasteiger partial charge in [0, 0.05) is 51.7 Å². The summed E-state index contributed by atoms with van der Waals surface area (Å²) in [7, 11) is 3.35. The molecular formula is C24H28Cl2F2N6OS. The van der Waals surface area contributed by atoms with Crippen molar-refractivity contribution >= 4 is 57.5 Å². The van der Waals surface area contributed by atoms with Gasteiger partial charge < -0.3 is 15.7 Å². The van der Waals surface area contributed by atoms with Crippen LogP contribution in [0, 0.1) is 0 Å². The van der Waals surface area contributed by atoms with Crippen LogP contribution in [0.25, 0.3) is 5.57 Å².